The predicted molar refractivity (Wildman–Crippen MR) is 53.1 cm³/mol. The van der Waals surface area contributed by atoms with Gasteiger partial charge in [0.25, 0.3) is 5.69 Å². The van der Waals surface area contributed by atoms with Crippen molar-refractivity contribution in [2.45, 2.75) is 12.2 Å². The molecule has 2 atom stereocenters. The Bertz CT molecular complexity index is 399. The van der Waals surface area contributed by atoms with Gasteiger partial charge in [0.2, 0.25) is 0 Å². The van der Waals surface area contributed by atoms with Crippen LogP contribution >= 0.6 is 0 Å². The van der Waals surface area contributed by atoms with E-state index in [4.69, 9.17) is 5.73 Å². The summed E-state index contributed by atoms with van der Waals surface area (Å²) in [6, 6.07) is 2.71. The molecule has 0 saturated heterocycles. The molecular formula is C9H11FN2O4. The third-order valence-electron chi connectivity index (χ3n) is 2.11. The molecule has 0 spiro atoms. The summed E-state index contributed by atoms with van der Waals surface area (Å²) < 4.78 is 13.2. The van der Waals surface area contributed by atoms with Crippen LogP contribution in [0, 0.1) is 15.9 Å². The highest BCUT2D eigenvalue weighted by atomic mass is 19.1. The van der Waals surface area contributed by atoms with Crippen molar-refractivity contribution in [3.8, 4) is 0 Å². The molecule has 1 rings (SSSR count). The average molecular weight is 230 g/mol. The summed E-state index contributed by atoms with van der Waals surface area (Å²) >= 11 is 0. The molecule has 2 unspecified atom stereocenters. The normalized spacial score (nSPS) is 14.5. The minimum atomic E-state index is -1.58. The van der Waals surface area contributed by atoms with Crippen LogP contribution in [0.25, 0.3) is 0 Å². The zero-order chi connectivity index (χ0) is 12.3. The first-order valence-electron chi connectivity index (χ1n) is 4.47. The van der Waals surface area contributed by atoms with Crippen LogP contribution in [0.4, 0.5) is 10.1 Å². The molecule has 0 saturated carbocycles. The standard InChI is InChI=1S/C9H11FN2O4/c10-7-2-1-5(12(15)16)3-6(7)9(14)8(13)4-11/h1-3,8-9,13-14H,4,11H2. The lowest BCUT2D eigenvalue weighted by atomic mass is 10.0. The van der Waals surface area contributed by atoms with Gasteiger partial charge in [-0.1, -0.05) is 0 Å². The topological polar surface area (TPSA) is 110 Å². The lowest BCUT2D eigenvalue weighted by Crippen LogP contribution is -2.27. The summed E-state index contributed by atoms with van der Waals surface area (Å²) in [4.78, 5) is 9.72. The first-order chi connectivity index (χ1) is 7.47. The van der Waals surface area contributed by atoms with Crippen molar-refractivity contribution < 1.29 is 19.5 Å². The van der Waals surface area contributed by atoms with E-state index >= 15 is 0 Å². The fourth-order valence-corrected chi connectivity index (χ4v) is 1.21. The van der Waals surface area contributed by atoms with E-state index in [-0.39, 0.29) is 17.8 Å². The van der Waals surface area contributed by atoms with Gasteiger partial charge in [-0.2, -0.15) is 0 Å². The van der Waals surface area contributed by atoms with E-state index in [0.717, 1.165) is 18.2 Å². The van der Waals surface area contributed by atoms with E-state index in [1.807, 2.05) is 0 Å². The minimum absolute atomic E-state index is 0.275. The highest BCUT2D eigenvalue weighted by Gasteiger charge is 2.22. The average Bonchev–Trinajstić information content (AvgIpc) is 2.27. The third-order valence-corrected chi connectivity index (χ3v) is 2.11. The van der Waals surface area contributed by atoms with Gasteiger partial charge in [0.15, 0.2) is 0 Å². The maximum atomic E-state index is 13.2. The van der Waals surface area contributed by atoms with Crippen LogP contribution in [-0.2, 0) is 0 Å². The van der Waals surface area contributed by atoms with Crippen molar-refractivity contribution >= 4 is 5.69 Å². The van der Waals surface area contributed by atoms with E-state index in [0.29, 0.717) is 0 Å². The third kappa shape index (κ3) is 2.51. The van der Waals surface area contributed by atoms with Gasteiger partial charge in [0, 0.05) is 24.2 Å². The van der Waals surface area contributed by atoms with Crippen LogP contribution in [0.3, 0.4) is 0 Å². The highest BCUT2D eigenvalue weighted by molar-refractivity contribution is 5.36. The van der Waals surface area contributed by atoms with Crippen LogP contribution in [-0.4, -0.2) is 27.8 Å². The number of hydrogen-bond acceptors (Lipinski definition) is 5. The number of aliphatic hydroxyl groups excluding tert-OH is 2. The largest absolute Gasteiger partial charge is 0.389 e. The Morgan fingerprint density at radius 1 is 1.50 bits per heavy atom. The van der Waals surface area contributed by atoms with Crippen LogP contribution < -0.4 is 5.73 Å². The van der Waals surface area contributed by atoms with Crippen molar-refractivity contribution in [2.75, 3.05) is 6.54 Å². The smallest absolute Gasteiger partial charge is 0.270 e. The summed E-state index contributed by atoms with van der Waals surface area (Å²) in [5.74, 6) is -0.828. The van der Waals surface area contributed by atoms with Gasteiger partial charge in [0.1, 0.15) is 11.9 Å². The molecule has 0 aliphatic carbocycles. The maximum absolute atomic E-state index is 13.2. The van der Waals surface area contributed by atoms with Gasteiger partial charge in [0.05, 0.1) is 11.0 Å². The first kappa shape index (κ1) is 12.5. The molecule has 1 aromatic carbocycles. The fraction of sp³-hybridized carbons (Fsp3) is 0.333. The van der Waals surface area contributed by atoms with Crippen LogP contribution in [0.2, 0.25) is 0 Å². The molecule has 88 valence electrons. The molecule has 0 aliphatic rings. The number of rotatable bonds is 4. The molecular weight excluding hydrogens is 219 g/mol. The number of aliphatic hydroxyl groups is 2. The summed E-state index contributed by atoms with van der Waals surface area (Å²) in [7, 11) is 0. The van der Waals surface area contributed by atoms with Crippen molar-refractivity contribution in [1.82, 2.24) is 0 Å². The Kier molecular flexibility index (Phi) is 3.88. The SMILES string of the molecule is NCC(O)C(O)c1cc([N+](=O)[O-])ccc1F. The number of non-ortho nitro benzene ring substituents is 1. The highest BCUT2D eigenvalue weighted by Crippen LogP contribution is 2.24. The lowest BCUT2D eigenvalue weighted by molar-refractivity contribution is -0.385. The van der Waals surface area contributed by atoms with Gasteiger partial charge in [-0.05, 0) is 6.07 Å². The molecule has 0 aromatic heterocycles. The summed E-state index contributed by atoms with van der Waals surface area (Å²) in [5, 5.41) is 29.1. The molecule has 7 heteroatoms. The van der Waals surface area contributed by atoms with Gasteiger partial charge in [-0.25, -0.2) is 4.39 Å². The summed E-state index contributed by atoms with van der Waals surface area (Å²) in [6.45, 7) is -0.275. The van der Waals surface area contributed by atoms with Crippen LogP contribution in [0.15, 0.2) is 18.2 Å². The second kappa shape index (κ2) is 4.97. The van der Waals surface area contributed by atoms with Gasteiger partial charge >= 0.3 is 0 Å². The van der Waals surface area contributed by atoms with Crippen LogP contribution in [0.5, 0.6) is 0 Å². The first-order valence-corrected chi connectivity index (χ1v) is 4.47. The molecule has 16 heavy (non-hydrogen) atoms. The molecule has 0 amide bonds. The molecule has 1 aromatic rings. The predicted octanol–water partition coefficient (Wildman–Crippen LogP) is 0.0869. The maximum Gasteiger partial charge on any atom is 0.270 e. The van der Waals surface area contributed by atoms with E-state index in [1.54, 1.807) is 0 Å². The number of halogens is 1. The molecule has 0 heterocycles. The number of nitro groups is 1. The zero-order valence-corrected chi connectivity index (χ0v) is 8.21. The molecule has 0 radical (unpaired) electrons. The second-order valence-electron chi connectivity index (χ2n) is 3.21. The Morgan fingerprint density at radius 3 is 2.62 bits per heavy atom. The summed E-state index contributed by atoms with van der Waals surface area (Å²) in [6.07, 6.45) is -2.94. The Morgan fingerprint density at radius 2 is 2.12 bits per heavy atom. The number of benzene rings is 1. The second-order valence-corrected chi connectivity index (χ2v) is 3.21. The molecule has 6 nitrogen and oxygen atoms in total. The number of nitro benzene ring substituents is 1. The van der Waals surface area contributed by atoms with Crippen molar-refractivity contribution in [3.05, 3.63) is 39.7 Å². The fourth-order valence-electron chi connectivity index (χ4n) is 1.21. The lowest BCUT2D eigenvalue weighted by Gasteiger charge is -2.16. The molecule has 0 fully saturated rings. The van der Waals surface area contributed by atoms with E-state index < -0.39 is 22.9 Å². The molecule has 0 aliphatic heterocycles. The number of nitrogens with two attached hydrogens (primary N) is 1. The zero-order valence-electron chi connectivity index (χ0n) is 8.21. The van der Waals surface area contributed by atoms with Gasteiger partial charge < -0.3 is 15.9 Å². The van der Waals surface area contributed by atoms with Crippen molar-refractivity contribution in [1.29, 1.82) is 0 Å². The van der Waals surface area contributed by atoms with Crippen molar-refractivity contribution in [2.24, 2.45) is 5.73 Å². The Balaban J connectivity index is 3.11. The Labute approximate surface area is 90.3 Å². The minimum Gasteiger partial charge on any atom is -0.389 e. The quantitative estimate of drug-likeness (QED) is 0.501. The number of hydrogen-bond donors (Lipinski definition) is 3. The molecule has 4 N–H and O–H groups in total. The van der Waals surface area contributed by atoms with E-state index in [2.05, 4.69) is 0 Å². The Hall–Kier alpha value is -1.57. The molecule has 0 bridgehead atoms. The van der Waals surface area contributed by atoms with Crippen molar-refractivity contribution in [3.63, 3.8) is 0 Å². The van der Waals surface area contributed by atoms with Crippen LogP contribution in [0.1, 0.15) is 11.7 Å². The van der Waals surface area contributed by atoms with Gasteiger partial charge in [-0.3, -0.25) is 10.1 Å². The number of nitrogens with zero attached hydrogens (tertiary/aromatic N) is 1. The van der Waals surface area contributed by atoms with E-state index in [9.17, 15) is 24.7 Å². The summed E-state index contributed by atoms with van der Waals surface area (Å²) in [5.41, 5.74) is 4.39. The van der Waals surface area contributed by atoms with E-state index in [1.165, 1.54) is 0 Å². The van der Waals surface area contributed by atoms with Gasteiger partial charge in [-0.15, -0.1) is 0 Å². The monoisotopic (exact) mass is 230 g/mol.